The standard InChI is InChI=1S/C21H18ClNO3/c1-2-25-19-11-7-6-10-17(19)21(24)23-18-14-15(22)12-13-20(18)26-16-8-4-3-5-9-16/h3-14H,2H2,1H3,(H,23,24). The molecular weight excluding hydrogens is 350 g/mol. The van der Waals surface area contributed by atoms with E-state index in [2.05, 4.69) is 5.32 Å². The molecule has 0 saturated heterocycles. The fourth-order valence-corrected chi connectivity index (χ4v) is 2.60. The zero-order chi connectivity index (χ0) is 18.4. The van der Waals surface area contributed by atoms with Gasteiger partial charge in [-0.05, 0) is 49.4 Å². The molecule has 0 radical (unpaired) electrons. The maximum absolute atomic E-state index is 12.7. The smallest absolute Gasteiger partial charge is 0.259 e. The highest BCUT2D eigenvalue weighted by atomic mass is 35.5. The van der Waals surface area contributed by atoms with Gasteiger partial charge in [-0.1, -0.05) is 41.9 Å². The van der Waals surface area contributed by atoms with Crippen LogP contribution >= 0.6 is 11.6 Å². The summed E-state index contributed by atoms with van der Waals surface area (Å²) in [6.45, 7) is 2.35. The molecule has 3 rings (SSSR count). The molecule has 1 N–H and O–H groups in total. The second-order valence-electron chi connectivity index (χ2n) is 5.44. The van der Waals surface area contributed by atoms with Gasteiger partial charge in [0, 0.05) is 5.02 Å². The molecule has 0 spiro atoms. The van der Waals surface area contributed by atoms with Crippen LogP contribution in [0.2, 0.25) is 5.02 Å². The number of hydrogen-bond acceptors (Lipinski definition) is 3. The summed E-state index contributed by atoms with van der Waals surface area (Å²) in [6, 6.07) is 21.5. The summed E-state index contributed by atoms with van der Waals surface area (Å²) in [5, 5.41) is 3.36. The number of nitrogens with one attached hydrogen (secondary N) is 1. The molecule has 0 aromatic heterocycles. The normalized spacial score (nSPS) is 10.2. The predicted octanol–water partition coefficient (Wildman–Crippen LogP) is 5.78. The number of hydrogen-bond donors (Lipinski definition) is 1. The molecule has 0 fully saturated rings. The van der Waals surface area contributed by atoms with E-state index in [1.807, 2.05) is 43.3 Å². The number of para-hydroxylation sites is 2. The quantitative estimate of drug-likeness (QED) is 0.600. The van der Waals surface area contributed by atoms with Crippen LogP contribution in [-0.4, -0.2) is 12.5 Å². The fraction of sp³-hybridized carbons (Fsp3) is 0.0952. The number of carbonyl (C=O) groups excluding carboxylic acids is 1. The summed E-state index contributed by atoms with van der Waals surface area (Å²) < 4.78 is 11.4. The van der Waals surface area contributed by atoms with Gasteiger partial charge in [0.25, 0.3) is 5.91 Å². The SMILES string of the molecule is CCOc1ccccc1C(=O)Nc1cc(Cl)ccc1Oc1ccccc1. The van der Waals surface area contributed by atoms with Crippen LogP contribution in [0.4, 0.5) is 5.69 Å². The van der Waals surface area contributed by atoms with E-state index in [4.69, 9.17) is 21.1 Å². The highest BCUT2D eigenvalue weighted by molar-refractivity contribution is 6.31. The van der Waals surface area contributed by atoms with Crippen LogP contribution in [0.3, 0.4) is 0 Å². The van der Waals surface area contributed by atoms with E-state index in [0.717, 1.165) is 0 Å². The maximum Gasteiger partial charge on any atom is 0.259 e. The molecule has 132 valence electrons. The highest BCUT2D eigenvalue weighted by Crippen LogP contribution is 2.33. The van der Waals surface area contributed by atoms with Crippen LogP contribution in [-0.2, 0) is 0 Å². The number of rotatable bonds is 6. The fourth-order valence-electron chi connectivity index (χ4n) is 2.43. The minimum Gasteiger partial charge on any atom is -0.493 e. The lowest BCUT2D eigenvalue weighted by Crippen LogP contribution is -2.14. The van der Waals surface area contributed by atoms with Crippen LogP contribution in [0, 0.1) is 0 Å². The minimum absolute atomic E-state index is 0.297. The summed E-state index contributed by atoms with van der Waals surface area (Å²) >= 11 is 6.10. The zero-order valence-corrected chi connectivity index (χ0v) is 15.0. The molecule has 0 bridgehead atoms. The average Bonchev–Trinajstić information content (AvgIpc) is 2.65. The number of benzene rings is 3. The Bertz CT molecular complexity index is 897. The molecule has 4 nitrogen and oxygen atoms in total. The Hall–Kier alpha value is -2.98. The van der Waals surface area contributed by atoms with E-state index in [1.165, 1.54) is 0 Å². The first-order valence-electron chi connectivity index (χ1n) is 8.23. The van der Waals surface area contributed by atoms with Crippen molar-refractivity contribution in [3.63, 3.8) is 0 Å². The summed E-state index contributed by atoms with van der Waals surface area (Å²) in [5.74, 6) is 1.40. The van der Waals surface area contributed by atoms with Crippen molar-refractivity contribution >= 4 is 23.2 Å². The van der Waals surface area contributed by atoms with Gasteiger partial charge in [-0.2, -0.15) is 0 Å². The average molecular weight is 368 g/mol. The third-order valence-corrected chi connectivity index (χ3v) is 3.83. The van der Waals surface area contributed by atoms with Gasteiger partial charge in [-0.25, -0.2) is 0 Å². The predicted molar refractivity (Wildman–Crippen MR) is 104 cm³/mol. The molecular formula is C21H18ClNO3. The van der Waals surface area contributed by atoms with Crippen molar-refractivity contribution in [2.24, 2.45) is 0 Å². The number of amides is 1. The first kappa shape index (κ1) is 17.8. The van der Waals surface area contributed by atoms with E-state index < -0.39 is 0 Å². The van der Waals surface area contributed by atoms with Crippen molar-refractivity contribution in [3.05, 3.63) is 83.4 Å². The molecule has 3 aromatic rings. The Labute approximate surface area is 157 Å². The van der Waals surface area contributed by atoms with E-state index in [-0.39, 0.29) is 5.91 Å². The molecule has 0 unspecified atom stereocenters. The number of halogens is 1. The van der Waals surface area contributed by atoms with Crippen molar-refractivity contribution in [3.8, 4) is 17.2 Å². The van der Waals surface area contributed by atoms with Gasteiger partial charge in [0.2, 0.25) is 0 Å². The van der Waals surface area contributed by atoms with Crippen molar-refractivity contribution in [1.29, 1.82) is 0 Å². The van der Waals surface area contributed by atoms with E-state index in [1.54, 1.807) is 36.4 Å². The van der Waals surface area contributed by atoms with E-state index in [9.17, 15) is 4.79 Å². The van der Waals surface area contributed by atoms with Crippen molar-refractivity contribution in [2.75, 3.05) is 11.9 Å². The third-order valence-electron chi connectivity index (χ3n) is 3.59. The molecule has 5 heteroatoms. The van der Waals surface area contributed by atoms with Crippen LogP contribution in [0.25, 0.3) is 0 Å². The van der Waals surface area contributed by atoms with Gasteiger partial charge in [0.05, 0.1) is 17.9 Å². The minimum atomic E-state index is -0.297. The van der Waals surface area contributed by atoms with Crippen molar-refractivity contribution in [1.82, 2.24) is 0 Å². The third kappa shape index (κ3) is 4.35. The lowest BCUT2D eigenvalue weighted by atomic mass is 10.1. The van der Waals surface area contributed by atoms with Crippen LogP contribution < -0.4 is 14.8 Å². The van der Waals surface area contributed by atoms with Gasteiger partial charge in [0.15, 0.2) is 5.75 Å². The largest absolute Gasteiger partial charge is 0.493 e. The Kier molecular flexibility index (Phi) is 5.77. The van der Waals surface area contributed by atoms with E-state index >= 15 is 0 Å². The van der Waals surface area contributed by atoms with Gasteiger partial charge in [-0.15, -0.1) is 0 Å². The van der Waals surface area contributed by atoms with Crippen LogP contribution in [0.1, 0.15) is 17.3 Å². The molecule has 1 amide bonds. The topological polar surface area (TPSA) is 47.6 Å². The molecule has 0 aliphatic carbocycles. The summed E-state index contributed by atoms with van der Waals surface area (Å²) in [6.07, 6.45) is 0. The monoisotopic (exact) mass is 367 g/mol. The molecule has 0 atom stereocenters. The first-order valence-corrected chi connectivity index (χ1v) is 8.61. The van der Waals surface area contributed by atoms with Gasteiger partial charge >= 0.3 is 0 Å². The molecule has 0 aliphatic rings. The Morgan fingerprint density at radius 3 is 2.46 bits per heavy atom. The number of ether oxygens (including phenoxy) is 2. The molecule has 0 heterocycles. The van der Waals surface area contributed by atoms with Gasteiger partial charge in [0.1, 0.15) is 11.5 Å². The van der Waals surface area contributed by atoms with E-state index in [0.29, 0.717) is 40.1 Å². The lowest BCUT2D eigenvalue weighted by Gasteiger charge is -2.14. The first-order chi connectivity index (χ1) is 12.7. The van der Waals surface area contributed by atoms with Gasteiger partial charge < -0.3 is 14.8 Å². The highest BCUT2D eigenvalue weighted by Gasteiger charge is 2.15. The van der Waals surface area contributed by atoms with Crippen molar-refractivity contribution < 1.29 is 14.3 Å². The van der Waals surface area contributed by atoms with Crippen LogP contribution in [0.5, 0.6) is 17.2 Å². The second kappa shape index (κ2) is 8.41. The molecule has 0 aliphatic heterocycles. The summed E-state index contributed by atoms with van der Waals surface area (Å²) in [5.41, 5.74) is 0.928. The summed E-state index contributed by atoms with van der Waals surface area (Å²) in [7, 11) is 0. The lowest BCUT2D eigenvalue weighted by molar-refractivity contribution is 0.102. The van der Waals surface area contributed by atoms with Crippen LogP contribution in [0.15, 0.2) is 72.8 Å². The Morgan fingerprint density at radius 1 is 0.962 bits per heavy atom. The summed E-state index contributed by atoms with van der Waals surface area (Å²) in [4.78, 5) is 12.7. The molecule has 26 heavy (non-hydrogen) atoms. The Balaban J connectivity index is 1.87. The maximum atomic E-state index is 12.7. The van der Waals surface area contributed by atoms with Gasteiger partial charge in [-0.3, -0.25) is 4.79 Å². The zero-order valence-electron chi connectivity index (χ0n) is 14.2. The number of carbonyl (C=O) groups is 1. The number of anilines is 1. The molecule has 3 aromatic carbocycles. The Morgan fingerprint density at radius 2 is 1.69 bits per heavy atom. The van der Waals surface area contributed by atoms with Crippen molar-refractivity contribution in [2.45, 2.75) is 6.92 Å². The molecule has 0 saturated carbocycles. The second-order valence-corrected chi connectivity index (χ2v) is 5.88.